The van der Waals surface area contributed by atoms with Gasteiger partial charge in [0.1, 0.15) is 0 Å². The van der Waals surface area contributed by atoms with Crippen molar-refractivity contribution >= 4 is 0 Å². The maximum Gasteiger partial charge on any atom is 0.387 e. The van der Waals surface area contributed by atoms with Crippen LogP contribution in [-0.2, 0) is 6.54 Å². The van der Waals surface area contributed by atoms with Crippen LogP contribution >= 0.6 is 0 Å². The molecule has 0 radical (unpaired) electrons. The monoisotopic (exact) mass is 273 g/mol. The van der Waals surface area contributed by atoms with Gasteiger partial charge in [-0.2, -0.15) is 8.78 Å². The van der Waals surface area contributed by atoms with Crippen LogP contribution in [0.2, 0.25) is 0 Å². The molecule has 2 rings (SSSR count). The van der Waals surface area contributed by atoms with Gasteiger partial charge in [0.15, 0.2) is 11.5 Å². The molecule has 1 fully saturated rings. The highest BCUT2D eigenvalue weighted by molar-refractivity contribution is 5.43. The molecule has 19 heavy (non-hydrogen) atoms. The number of ether oxygens (including phenoxy) is 2. The van der Waals surface area contributed by atoms with Crippen LogP contribution < -0.4 is 14.8 Å². The Kier molecular flexibility index (Phi) is 4.21. The number of halogens is 2. The molecule has 0 atom stereocenters. The molecule has 1 aliphatic carbocycles. The van der Waals surface area contributed by atoms with Gasteiger partial charge in [-0.25, -0.2) is 0 Å². The zero-order valence-electron chi connectivity index (χ0n) is 10.7. The van der Waals surface area contributed by atoms with Crippen molar-refractivity contribution < 1.29 is 23.4 Å². The zero-order valence-corrected chi connectivity index (χ0v) is 10.7. The normalized spacial score (nSPS) is 16.5. The first-order valence-electron chi connectivity index (χ1n) is 6.06. The summed E-state index contributed by atoms with van der Waals surface area (Å²) in [5.74, 6) is 0.290. The number of rotatable bonds is 7. The average molecular weight is 273 g/mol. The van der Waals surface area contributed by atoms with Crippen LogP contribution in [-0.4, -0.2) is 31.0 Å². The predicted molar refractivity (Wildman–Crippen MR) is 65.5 cm³/mol. The van der Waals surface area contributed by atoms with E-state index >= 15 is 0 Å². The van der Waals surface area contributed by atoms with Crippen molar-refractivity contribution in [3.63, 3.8) is 0 Å². The van der Waals surface area contributed by atoms with Crippen LogP contribution in [0.5, 0.6) is 11.5 Å². The van der Waals surface area contributed by atoms with Crippen molar-refractivity contribution in [1.29, 1.82) is 0 Å². The Morgan fingerprint density at radius 1 is 1.37 bits per heavy atom. The Morgan fingerprint density at radius 3 is 2.63 bits per heavy atom. The fourth-order valence-electron chi connectivity index (χ4n) is 1.85. The minimum Gasteiger partial charge on any atom is -0.493 e. The van der Waals surface area contributed by atoms with E-state index in [1.807, 2.05) is 0 Å². The lowest BCUT2D eigenvalue weighted by atomic mass is 10.2. The number of benzene rings is 1. The topological polar surface area (TPSA) is 50.7 Å². The number of hydrogen-bond donors (Lipinski definition) is 2. The fourth-order valence-corrected chi connectivity index (χ4v) is 1.85. The largest absolute Gasteiger partial charge is 0.493 e. The second-order valence-corrected chi connectivity index (χ2v) is 4.66. The minimum absolute atomic E-state index is 0.0191. The van der Waals surface area contributed by atoms with E-state index in [-0.39, 0.29) is 23.6 Å². The fraction of sp³-hybridized carbons (Fsp3) is 0.538. The summed E-state index contributed by atoms with van der Waals surface area (Å²) in [4.78, 5) is 0. The van der Waals surface area contributed by atoms with E-state index < -0.39 is 6.61 Å². The lowest BCUT2D eigenvalue weighted by molar-refractivity contribution is -0.0512. The Bertz CT molecular complexity index is 436. The number of aliphatic hydroxyl groups excluding tert-OH is 1. The summed E-state index contributed by atoms with van der Waals surface area (Å²) in [7, 11) is 1.40. The van der Waals surface area contributed by atoms with E-state index in [1.165, 1.54) is 13.2 Å². The summed E-state index contributed by atoms with van der Waals surface area (Å²) < 4.78 is 33.9. The third kappa shape index (κ3) is 3.54. The first-order valence-corrected chi connectivity index (χ1v) is 6.06. The van der Waals surface area contributed by atoms with E-state index in [9.17, 15) is 13.9 Å². The molecule has 1 aliphatic rings. The highest BCUT2D eigenvalue weighted by Gasteiger charge is 2.41. The summed E-state index contributed by atoms with van der Waals surface area (Å²) >= 11 is 0. The summed E-state index contributed by atoms with van der Waals surface area (Å²) in [6.07, 6.45) is 1.86. The number of nitrogens with one attached hydrogen (secondary N) is 1. The third-order valence-corrected chi connectivity index (χ3v) is 3.27. The van der Waals surface area contributed by atoms with Crippen LogP contribution in [0.1, 0.15) is 18.4 Å². The van der Waals surface area contributed by atoms with Crippen LogP contribution in [0.25, 0.3) is 0 Å². The lowest BCUT2D eigenvalue weighted by Gasteiger charge is -2.15. The molecular formula is C13H17F2NO3. The third-order valence-electron chi connectivity index (χ3n) is 3.27. The smallest absolute Gasteiger partial charge is 0.387 e. The molecule has 0 saturated heterocycles. The molecule has 0 spiro atoms. The van der Waals surface area contributed by atoms with E-state index in [0.717, 1.165) is 18.4 Å². The summed E-state index contributed by atoms with van der Waals surface area (Å²) in [6, 6.07) is 4.89. The zero-order chi connectivity index (χ0) is 13.9. The minimum atomic E-state index is -2.88. The second-order valence-electron chi connectivity index (χ2n) is 4.66. The van der Waals surface area contributed by atoms with E-state index in [4.69, 9.17) is 4.74 Å². The van der Waals surface area contributed by atoms with Crippen molar-refractivity contribution in [2.24, 2.45) is 0 Å². The van der Waals surface area contributed by atoms with E-state index in [1.54, 1.807) is 12.1 Å². The molecule has 0 aromatic heterocycles. The van der Waals surface area contributed by atoms with Gasteiger partial charge in [0.25, 0.3) is 0 Å². The maximum atomic E-state index is 12.3. The molecule has 6 heteroatoms. The Hall–Kier alpha value is -1.40. The van der Waals surface area contributed by atoms with Crippen LogP contribution in [0.3, 0.4) is 0 Å². The van der Waals surface area contributed by atoms with E-state index in [0.29, 0.717) is 6.54 Å². The van der Waals surface area contributed by atoms with Crippen molar-refractivity contribution in [3.05, 3.63) is 23.8 Å². The van der Waals surface area contributed by atoms with Gasteiger partial charge in [-0.1, -0.05) is 6.07 Å². The molecule has 1 aromatic rings. The molecule has 2 N–H and O–H groups in total. The van der Waals surface area contributed by atoms with Gasteiger partial charge in [-0.3, -0.25) is 0 Å². The van der Waals surface area contributed by atoms with Gasteiger partial charge >= 0.3 is 6.61 Å². The van der Waals surface area contributed by atoms with Crippen molar-refractivity contribution in [1.82, 2.24) is 5.32 Å². The van der Waals surface area contributed by atoms with Crippen LogP contribution in [0.15, 0.2) is 18.2 Å². The number of aliphatic hydroxyl groups is 1. The molecule has 1 aromatic carbocycles. The van der Waals surface area contributed by atoms with Gasteiger partial charge in [0, 0.05) is 12.1 Å². The average Bonchev–Trinajstić information content (AvgIpc) is 3.17. The second kappa shape index (κ2) is 5.71. The molecule has 106 valence electrons. The first kappa shape index (κ1) is 14.0. The van der Waals surface area contributed by atoms with Gasteiger partial charge in [0.05, 0.1) is 13.7 Å². The lowest BCUT2D eigenvalue weighted by Crippen LogP contribution is -2.34. The summed E-state index contributed by atoms with van der Waals surface area (Å²) in [6.45, 7) is -2.31. The van der Waals surface area contributed by atoms with Crippen molar-refractivity contribution in [2.75, 3.05) is 13.7 Å². The van der Waals surface area contributed by atoms with Crippen LogP contribution in [0.4, 0.5) is 8.78 Å². The predicted octanol–water partition coefficient (Wildman–Crippen LogP) is 1.91. The number of methoxy groups -OCH3 is 1. The van der Waals surface area contributed by atoms with Crippen molar-refractivity contribution in [3.8, 4) is 11.5 Å². The molecule has 0 heterocycles. The summed E-state index contributed by atoms with van der Waals surface area (Å²) in [5, 5.41) is 12.4. The molecule has 0 amide bonds. The van der Waals surface area contributed by atoms with Gasteiger partial charge in [-0.05, 0) is 30.5 Å². The molecule has 4 nitrogen and oxygen atoms in total. The highest BCUT2D eigenvalue weighted by Crippen LogP contribution is 2.35. The number of hydrogen-bond acceptors (Lipinski definition) is 4. The molecular weight excluding hydrogens is 256 g/mol. The quantitative estimate of drug-likeness (QED) is 0.797. The SMILES string of the molecule is COc1ccc(CNC2(CO)CC2)cc1OC(F)F. The Labute approximate surface area is 110 Å². The Morgan fingerprint density at radius 2 is 2.11 bits per heavy atom. The highest BCUT2D eigenvalue weighted by atomic mass is 19.3. The summed E-state index contributed by atoms with van der Waals surface area (Å²) in [5.41, 5.74) is 0.611. The van der Waals surface area contributed by atoms with Gasteiger partial charge in [0.2, 0.25) is 0 Å². The molecule has 0 bridgehead atoms. The maximum absolute atomic E-state index is 12.3. The number of alkyl halides is 2. The van der Waals surface area contributed by atoms with E-state index in [2.05, 4.69) is 10.1 Å². The van der Waals surface area contributed by atoms with Gasteiger partial charge < -0.3 is 19.9 Å². The Balaban J connectivity index is 2.04. The van der Waals surface area contributed by atoms with Gasteiger partial charge in [-0.15, -0.1) is 0 Å². The molecule has 0 unspecified atom stereocenters. The molecule has 1 saturated carbocycles. The first-order chi connectivity index (χ1) is 9.08. The standard InChI is InChI=1S/C13H17F2NO3/c1-18-10-3-2-9(6-11(10)19-12(14)15)7-16-13(8-17)4-5-13/h2-3,6,12,16-17H,4-5,7-8H2,1H3. The van der Waals surface area contributed by atoms with Crippen LogP contribution in [0, 0.1) is 0 Å². The molecule has 0 aliphatic heterocycles. The van der Waals surface area contributed by atoms with Crippen molar-refractivity contribution in [2.45, 2.75) is 31.5 Å².